The molecule has 0 amide bonds. The first kappa shape index (κ1) is 27.8. The summed E-state index contributed by atoms with van der Waals surface area (Å²) in [5.41, 5.74) is 3.35. The number of fused-ring (bicyclic) bond motifs is 1. The zero-order chi connectivity index (χ0) is 29.2. The number of aliphatic imine (C=N–C) groups is 1. The van der Waals surface area contributed by atoms with Crippen molar-refractivity contribution in [2.24, 2.45) is 10.9 Å². The number of rotatable bonds is 8. The summed E-state index contributed by atoms with van der Waals surface area (Å²) >= 11 is 6.79. The zero-order valence-corrected chi connectivity index (χ0v) is 24.1. The van der Waals surface area contributed by atoms with Crippen molar-refractivity contribution in [1.82, 2.24) is 0 Å². The van der Waals surface area contributed by atoms with E-state index in [1.165, 1.54) is 0 Å². The van der Waals surface area contributed by atoms with Crippen LogP contribution in [-0.2, 0) is 14.3 Å². The first-order valence-electron chi connectivity index (χ1n) is 13.8. The lowest BCUT2D eigenvalue weighted by Crippen LogP contribution is -2.38. The third kappa shape index (κ3) is 5.46. The average molecular weight is 588 g/mol. The van der Waals surface area contributed by atoms with Crippen LogP contribution in [0.2, 0.25) is 5.02 Å². The van der Waals surface area contributed by atoms with Gasteiger partial charge in [-0.05, 0) is 60.7 Å². The number of esters is 1. The van der Waals surface area contributed by atoms with Crippen LogP contribution >= 0.6 is 11.6 Å². The van der Waals surface area contributed by atoms with Crippen LogP contribution in [0.25, 0.3) is 0 Å². The van der Waals surface area contributed by atoms with Gasteiger partial charge in [-0.1, -0.05) is 41.9 Å². The van der Waals surface area contributed by atoms with E-state index in [-0.39, 0.29) is 38.1 Å². The third-order valence-corrected chi connectivity index (χ3v) is 8.22. The van der Waals surface area contributed by atoms with Crippen LogP contribution in [0.1, 0.15) is 42.7 Å². The SMILES string of the molecule is COc1ccc([C@H]2CC(=O)C3=C(C2)N=C(C)C(C(=O)OCCOc2ccccc2)[C@@H]3c2cc3c(cc2Cl)OCO3)cc1. The van der Waals surface area contributed by atoms with Crippen molar-refractivity contribution < 1.29 is 33.3 Å². The van der Waals surface area contributed by atoms with Crippen LogP contribution in [-0.4, -0.2) is 44.6 Å². The molecule has 0 saturated heterocycles. The molecule has 9 heteroatoms. The molecule has 0 spiro atoms. The Hall–Kier alpha value is -4.30. The Morgan fingerprint density at radius 3 is 2.45 bits per heavy atom. The number of nitrogens with zero attached hydrogens (tertiary/aromatic N) is 1. The Balaban J connectivity index is 1.31. The highest BCUT2D eigenvalue weighted by molar-refractivity contribution is 6.32. The van der Waals surface area contributed by atoms with Crippen molar-refractivity contribution in [2.75, 3.05) is 27.1 Å². The van der Waals surface area contributed by atoms with Crippen LogP contribution < -0.4 is 18.9 Å². The number of ketones is 1. The summed E-state index contributed by atoms with van der Waals surface area (Å²) in [6.07, 6.45) is 0.835. The average Bonchev–Trinajstić information content (AvgIpc) is 3.46. The van der Waals surface area contributed by atoms with Gasteiger partial charge in [-0.2, -0.15) is 0 Å². The summed E-state index contributed by atoms with van der Waals surface area (Å²) < 4.78 is 27.8. The fourth-order valence-electron chi connectivity index (χ4n) is 5.89. The molecular formula is C33H30ClNO7. The number of benzene rings is 3. The molecule has 0 fully saturated rings. The number of hydrogen-bond acceptors (Lipinski definition) is 8. The summed E-state index contributed by atoms with van der Waals surface area (Å²) in [6, 6.07) is 20.5. The summed E-state index contributed by atoms with van der Waals surface area (Å²) in [5, 5.41) is 0.376. The molecule has 0 radical (unpaired) electrons. The summed E-state index contributed by atoms with van der Waals surface area (Å²) in [4.78, 5) is 32.4. The first-order chi connectivity index (χ1) is 20.4. The van der Waals surface area contributed by atoms with Gasteiger partial charge in [0.15, 0.2) is 17.3 Å². The van der Waals surface area contributed by atoms with Gasteiger partial charge in [-0.25, -0.2) is 0 Å². The van der Waals surface area contributed by atoms with Gasteiger partial charge in [0.25, 0.3) is 0 Å². The molecule has 0 aromatic heterocycles. The van der Waals surface area contributed by atoms with Crippen LogP contribution in [0.15, 0.2) is 83.0 Å². The molecule has 3 atom stereocenters. The number of para-hydroxylation sites is 1. The van der Waals surface area contributed by atoms with Gasteiger partial charge in [0.05, 0.1) is 7.11 Å². The molecule has 3 aromatic carbocycles. The lowest BCUT2D eigenvalue weighted by molar-refractivity contribution is -0.147. The van der Waals surface area contributed by atoms with Gasteiger partial charge in [0, 0.05) is 40.4 Å². The Labute approximate surface area is 248 Å². The van der Waals surface area contributed by atoms with E-state index in [0.29, 0.717) is 51.2 Å². The summed E-state index contributed by atoms with van der Waals surface area (Å²) in [6.45, 7) is 2.10. The number of Topliss-reactive ketones (excluding diaryl/α,β-unsaturated/α-hetero) is 1. The summed E-state index contributed by atoms with van der Waals surface area (Å²) in [5.74, 6) is 0.311. The van der Waals surface area contributed by atoms with E-state index in [9.17, 15) is 9.59 Å². The second-order valence-electron chi connectivity index (χ2n) is 10.4. The van der Waals surface area contributed by atoms with Crippen LogP contribution in [0.3, 0.4) is 0 Å². The number of halogens is 1. The van der Waals surface area contributed by atoms with E-state index < -0.39 is 17.8 Å². The fraction of sp³-hybridized carbons (Fsp3) is 0.303. The van der Waals surface area contributed by atoms with Gasteiger partial charge in [-0.15, -0.1) is 0 Å². The molecule has 8 nitrogen and oxygen atoms in total. The number of allylic oxidation sites excluding steroid dienone is 2. The minimum Gasteiger partial charge on any atom is -0.497 e. The lowest BCUT2D eigenvalue weighted by atomic mass is 9.69. The molecule has 0 N–H and O–H groups in total. The van der Waals surface area contributed by atoms with Crippen LogP contribution in [0, 0.1) is 5.92 Å². The van der Waals surface area contributed by atoms with E-state index >= 15 is 0 Å². The zero-order valence-electron chi connectivity index (χ0n) is 23.3. The van der Waals surface area contributed by atoms with Crippen molar-refractivity contribution in [2.45, 2.75) is 31.6 Å². The Morgan fingerprint density at radius 1 is 0.976 bits per heavy atom. The van der Waals surface area contributed by atoms with Gasteiger partial charge in [-0.3, -0.25) is 14.6 Å². The number of carbonyl (C=O) groups is 2. The van der Waals surface area contributed by atoms with E-state index in [0.717, 1.165) is 11.3 Å². The number of carbonyl (C=O) groups excluding carboxylic acids is 2. The minimum absolute atomic E-state index is 0.0402. The molecule has 0 bridgehead atoms. The molecule has 1 unspecified atom stereocenters. The van der Waals surface area contributed by atoms with Crippen LogP contribution in [0.4, 0.5) is 0 Å². The highest BCUT2D eigenvalue weighted by atomic mass is 35.5. The highest BCUT2D eigenvalue weighted by Gasteiger charge is 2.46. The number of hydrogen-bond donors (Lipinski definition) is 0. The minimum atomic E-state index is -0.847. The number of ether oxygens (including phenoxy) is 5. The maximum absolute atomic E-state index is 13.9. The predicted octanol–water partition coefficient (Wildman–Crippen LogP) is 6.27. The quantitative estimate of drug-likeness (QED) is 0.226. The number of methoxy groups -OCH3 is 1. The largest absolute Gasteiger partial charge is 0.497 e. The summed E-state index contributed by atoms with van der Waals surface area (Å²) in [7, 11) is 1.62. The molecule has 3 aliphatic rings. The molecule has 216 valence electrons. The molecule has 1 aliphatic carbocycles. The molecule has 3 aromatic rings. The molecule has 0 saturated carbocycles. The Morgan fingerprint density at radius 2 is 1.71 bits per heavy atom. The van der Waals surface area contributed by atoms with Crippen molar-refractivity contribution in [3.8, 4) is 23.0 Å². The molecule has 2 aliphatic heterocycles. The van der Waals surface area contributed by atoms with E-state index in [1.807, 2.05) is 54.6 Å². The van der Waals surface area contributed by atoms with Gasteiger partial charge < -0.3 is 23.7 Å². The van der Waals surface area contributed by atoms with E-state index in [2.05, 4.69) is 0 Å². The topological polar surface area (TPSA) is 92.7 Å². The van der Waals surface area contributed by atoms with Crippen molar-refractivity contribution in [1.29, 1.82) is 0 Å². The van der Waals surface area contributed by atoms with Gasteiger partial charge in [0.1, 0.15) is 30.6 Å². The van der Waals surface area contributed by atoms with Crippen molar-refractivity contribution in [3.05, 3.63) is 94.1 Å². The highest BCUT2D eigenvalue weighted by Crippen LogP contribution is 2.50. The molecule has 2 heterocycles. The normalized spacial score (nSPS) is 21.0. The Kier molecular flexibility index (Phi) is 7.89. The molecule has 42 heavy (non-hydrogen) atoms. The second kappa shape index (κ2) is 11.9. The van der Waals surface area contributed by atoms with Gasteiger partial charge in [0.2, 0.25) is 6.79 Å². The monoisotopic (exact) mass is 587 g/mol. The Bertz CT molecular complexity index is 1570. The third-order valence-electron chi connectivity index (χ3n) is 7.90. The maximum atomic E-state index is 13.9. The molecular weight excluding hydrogens is 558 g/mol. The molecule has 6 rings (SSSR count). The van der Waals surface area contributed by atoms with E-state index in [4.69, 9.17) is 40.3 Å². The van der Waals surface area contributed by atoms with E-state index in [1.54, 1.807) is 26.2 Å². The van der Waals surface area contributed by atoms with Crippen LogP contribution in [0.5, 0.6) is 23.0 Å². The fourth-order valence-corrected chi connectivity index (χ4v) is 6.16. The standard InChI is InChI=1S/C33H30ClNO7/c1-19-30(33(37)40-13-12-39-23-6-4-3-5-7-23)31(24-16-28-29(17-25(24)34)42-18-41-28)32-26(35-19)14-21(15-27(32)36)20-8-10-22(38-2)11-9-20/h3-11,16-17,21,30-31H,12-15,18H2,1-2H3/t21-,30?,31+/m1/s1. The first-order valence-corrected chi connectivity index (χ1v) is 14.2. The van der Waals surface area contributed by atoms with Crippen molar-refractivity contribution >= 4 is 29.1 Å². The predicted molar refractivity (Wildman–Crippen MR) is 157 cm³/mol. The van der Waals surface area contributed by atoms with Gasteiger partial charge >= 0.3 is 5.97 Å². The second-order valence-corrected chi connectivity index (χ2v) is 10.8. The van der Waals surface area contributed by atoms with Crippen molar-refractivity contribution in [3.63, 3.8) is 0 Å². The smallest absolute Gasteiger partial charge is 0.315 e. The maximum Gasteiger partial charge on any atom is 0.315 e. The lowest BCUT2D eigenvalue weighted by Gasteiger charge is -2.37.